The summed E-state index contributed by atoms with van der Waals surface area (Å²) in [5.41, 5.74) is 0.402. The van der Waals surface area contributed by atoms with Crippen LogP contribution in [0.2, 0.25) is 5.28 Å². The average Bonchev–Trinajstić information content (AvgIpc) is 2.64. The van der Waals surface area contributed by atoms with Crippen molar-refractivity contribution >= 4 is 35.3 Å². The summed E-state index contributed by atoms with van der Waals surface area (Å²) in [6.45, 7) is 3.78. The Labute approximate surface area is 155 Å². The van der Waals surface area contributed by atoms with Crippen LogP contribution in [0.15, 0.2) is 10.1 Å². The highest BCUT2D eigenvalue weighted by Crippen LogP contribution is 2.38. The number of nitrogens with two attached hydrogens (primary N) is 1. The van der Waals surface area contributed by atoms with E-state index in [0.29, 0.717) is 37.1 Å². The molecule has 11 heteroatoms. The van der Waals surface area contributed by atoms with E-state index in [0.717, 1.165) is 0 Å². The minimum atomic E-state index is -0.680. The maximum Gasteiger partial charge on any atom is 0.360 e. The largest absolute Gasteiger partial charge is 0.486 e. The molecule has 1 aromatic rings. The summed E-state index contributed by atoms with van der Waals surface area (Å²) in [6, 6.07) is 0.206. The Morgan fingerprint density at radius 2 is 2.27 bits per heavy atom. The molecule has 0 spiro atoms. The van der Waals surface area contributed by atoms with Crippen molar-refractivity contribution in [2.24, 2.45) is 15.9 Å². The zero-order valence-corrected chi connectivity index (χ0v) is 15.1. The molecule has 0 aromatic carbocycles. The van der Waals surface area contributed by atoms with Gasteiger partial charge in [0.1, 0.15) is 12.3 Å². The maximum absolute atomic E-state index is 11.5. The smallest absolute Gasteiger partial charge is 0.360 e. The number of aliphatic imine (C=N–C) groups is 1. The molecule has 2 aliphatic heterocycles. The third-order valence-corrected chi connectivity index (χ3v) is 4.25. The van der Waals surface area contributed by atoms with Crippen LogP contribution in [0.4, 0.5) is 5.82 Å². The van der Waals surface area contributed by atoms with Gasteiger partial charge in [-0.25, -0.2) is 9.78 Å². The normalized spacial score (nSPS) is 22.6. The van der Waals surface area contributed by atoms with E-state index in [1.54, 1.807) is 0 Å². The first kappa shape index (κ1) is 18.3. The van der Waals surface area contributed by atoms with Gasteiger partial charge >= 0.3 is 5.97 Å². The molecule has 2 atom stereocenters. The summed E-state index contributed by atoms with van der Waals surface area (Å²) < 4.78 is 16.0. The van der Waals surface area contributed by atoms with Gasteiger partial charge in [-0.15, -0.1) is 0 Å². The predicted molar refractivity (Wildman–Crippen MR) is 94.9 cm³/mol. The summed E-state index contributed by atoms with van der Waals surface area (Å²) >= 11 is 6.10. The standard InChI is InChI=1S/C15H19ClN6O4/c1-8-5-25-6-9-7-26-12-10(19-15(16)20-13(12)22(8)9)3-18-4-11(21-17)14(23)24-2/h4,8-9H,3,5-7,17H2,1-2H3/t8-,9?/m1/s1. The van der Waals surface area contributed by atoms with Gasteiger partial charge in [-0.3, -0.25) is 4.99 Å². The van der Waals surface area contributed by atoms with Crippen molar-refractivity contribution in [3.63, 3.8) is 0 Å². The van der Waals surface area contributed by atoms with E-state index in [1.807, 2.05) is 0 Å². The molecule has 3 rings (SSSR count). The molecule has 1 saturated heterocycles. The second-order valence-corrected chi connectivity index (χ2v) is 6.16. The van der Waals surface area contributed by atoms with Gasteiger partial charge in [-0.1, -0.05) is 0 Å². The number of nitrogens with zero attached hydrogens (tertiary/aromatic N) is 5. The van der Waals surface area contributed by atoms with Gasteiger partial charge in [0.05, 0.1) is 45.2 Å². The van der Waals surface area contributed by atoms with Crippen molar-refractivity contribution in [3.05, 3.63) is 11.0 Å². The fourth-order valence-electron chi connectivity index (χ4n) is 2.93. The molecule has 2 aliphatic rings. The molecule has 0 saturated carbocycles. The highest BCUT2D eigenvalue weighted by molar-refractivity contribution is 6.59. The average molecular weight is 383 g/mol. The fourth-order valence-corrected chi connectivity index (χ4v) is 3.11. The molecule has 26 heavy (non-hydrogen) atoms. The monoisotopic (exact) mass is 382 g/mol. The number of carbonyl (C=O) groups excluding carboxylic acids is 1. The molecule has 0 aliphatic carbocycles. The summed E-state index contributed by atoms with van der Waals surface area (Å²) in [5, 5.41) is 3.43. The number of ether oxygens (including phenoxy) is 3. The van der Waals surface area contributed by atoms with E-state index in [-0.39, 0.29) is 29.6 Å². The molecule has 1 unspecified atom stereocenters. The molecule has 0 radical (unpaired) electrons. The Bertz CT molecular complexity index is 756. The lowest BCUT2D eigenvalue weighted by molar-refractivity contribution is -0.132. The quantitative estimate of drug-likeness (QED) is 0.257. The Morgan fingerprint density at radius 1 is 1.46 bits per heavy atom. The van der Waals surface area contributed by atoms with Gasteiger partial charge < -0.3 is 25.0 Å². The Morgan fingerprint density at radius 3 is 3.00 bits per heavy atom. The number of halogens is 1. The number of fused-ring (bicyclic) bond motifs is 3. The van der Waals surface area contributed by atoms with E-state index in [4.69, 9.17) is 26.9 Å². The minimum Gasteiger partial charge on any atom is -0.486 e. The van der Waals surface area contributed by atoms with Crippen molar-refractivity contribution in [3.8, 4) is 5.75 Å². The Hall–Kier alpha value is -2.46. The SMILES string of the molecule is COC(=O)C(C=NCc1nc(Cl)nc2c1OCC1COC[C@@H](C)N21)=NN. The highest BCUT2D eigenvalue weighted by atomic mass is 35.5. The van der Waals surface area contributed by atoms with Crippen molar-refractivity contribution in [2.45, 2.75) is 25.6 Å². The molecule has 0 bridgehead atoms. The number of morpholine rings is 1. The lowest BCUT2D eigenvalue weighted by Gasteiger charge is -2.44. The van der Waals surface area contributed by atoms with E-state index < -0.39 is 5.97 Å². The van der Waals surface area contributed by atoms with Gasteiger partial charge in [-0.2, -0.15) is 10.1 Å². The van der Waals surface area contributed by atoms with E-state index >= 15 is 0 Å². The zero-order chi connectivity index (χ0) is 18.7. The summed E-state index contributed by atoms with van der Waals surface area (Å²) in [5.74, 6) is 5.63. The molecule has 3 heterocycles. The van der Waals surface area contributed by atoms with Crippen LogP contribution < -0.4 is 15.5 Å². The van der Waals surface area contributed by atoms with Crippen LogP contribution in [0.25, 0.3) is 0 Å². The second kappa shape index (κ2) is 7.83. The zero-order valence-electron chi connectivity index (χ0n) is 14.4. The van der Waals surface area contributed by atoms with Gasteiger partial charge in [-0.05, 0) is 18.5 Å². The topological polar surface area (TPSA) is 125 Å². The maximum atomic E-state index is 11.5. The van der Waals surface area contributed by atoms with Crippen LogP contribution in [-0.2, 0) is 20.8 Å². The number of anilines is 1. The molecule has 140 valence electrons. The lowest BCUT2D eigenvalue weighted by atomic mass is 10.1. The van der Waals surface area contributed by atoms with Crippen LogP contribution in [0.3, 0.4) is 0 Å². The third-order valence-electron chi connectivity index (χ3n) is 4.08. The number of hydrogen-bond donors (Lipinski definition) is 1. The van der Waals surface area contributed by atoms with Crippen LogP contribution in [0.1, 0.15) is 12.6 Å². The van der Waals surface area contributed by atoms with Crippen molar-refractivity contribution < 1.29 is 19.0 Å². The Balaban J connectivity index is 1.87. The number of hydrazone groups is 1. The second-order valence-electron chi connectivity index (χ2n) is 5.83. The number of aromatic nitrogens is 2. The van der Waals surface area contributed by atoms with Crippen molar-refractivity contribution in [2.75, 3.05) is 31.8 Å². The van der Waals surface area contributed by atoms with Crippen molar-refractivity contribution in [1.29, 1.82) is 0 Å². The molecule has 1 aromatic heterocycles. The molecular weight excluding hydrogens is 364 g/mol. The number of hydrogen-bond acceptors (Lipinski definition) is 10. The molecular formula is C15H19ClN6O4. The first-order chi connectivity index (χ1) is 12.5. The summed E-state index contributed by atoms with van der Waals surface area (Å²) in [7, 11) is 1.23. The van der Waals surface area contributed by atoms with Gasteiger partial charge in [0.2, 0.25) is 5.28 Å². The molecule has 10 nitrogen and oxygen atoms in total. The van der Waals surface area contributed by atoms with E-state index in [1.165, 1.54) is 13.3 Å². The highest BCUT2D eigenvalue weighted by Gasteiger charge is 2.37. The molecule has 1 fully saturated rings. The van der Waals surface area contributed by atoms with Crippen LogP contribution >= 0.6 is 11.6 Å². The number of carbonyl (C=O) groups is 1. The van der Waals surface area contributed by atoms with Gasteiger partial charge in [0, 0.05) is 0 Å². The minimum absolute atomic E-state index is 0.0730. The Kier molecular flexibility index (Phi) is 5.52. The van der Waals surface area contributed by atoms with Gasteiger partial charge in [0.15, 0.2) is 17.3 Å². The van der Waals surface area contributed by atoms with E-state index in [2.05, 4.69) is 36.6 Å². The van der Waals surface area contributed by atoms with Crippen LogP contribution in [-0.4, -0.2) is 66.9 Å². The predicted octanol–water partition coefficient (Wildman–Crippen LogP) is 0.175. The van der Waals surface area contributed by atoms with E-state index in [9.17, 15) is 4.79 Å². The first-order valence-corrected chi connectivity index (χ1v) is 8.34. The third kappa shape index (κ3) is 3.56. The fraction of sp³-hybridized carbons (Fsp3) is 0.533. The molecule has 0 amide bonds. The number of methoxy groups -OCH3 is 1. The molecule has 2 N–H and O–H groups in total. The van der Waals surface area contributed by atoms with Crippen LogP contribution in [0, 0.1) is 0 Å². The van der Waals surface area contributed by atoms with Gasteiger partial charge in [0.25, 0.3) is 0 Å². The van der Waals surface area contributed by atoms with Crippen molar-refractivity contribution in [1.82, 2.24) is 9.97 Å². The summed E-state index contributed by atoms with van der Waals surface area (Å²) in [4.78, 5) is 26.3. The number of rotatable bonds is 4. The summed E-state index contributed by atoms with van der Waals surface area (Å²) in [6.07, 6.45) is 1.22. The van der Waals surface area contributed by atoms with Crippen LogP contribution in [0.5, 0.6) is 5.75 Å². The lowest BCUT2D eigenvalue weighted by Crippen LogP contribution is -2.56. The number of esters is 1. The first-order valence-electron chi connectivity index (χ1n) is 7.96.